The molecule has 130 valence electrons. The fourth-order valence-electron chi connectivity index (χ4n) is 2.06. The number of methoxy groups -OCH3 is 1. The van der Waals surface area contributed by atoms with E-state index in [1.54, 1.807) is 38.4 Å². The summed E-state index contributed by atoms with van der Waals surface area (Å²) >= 11 is 0. The van der Waals surface area contributed by atoms with Gasteiger partial charge in [0, 0.05) is 17.8 Å². The second-order valence-corrected chi connectivity index (χ2v) is 5.75. The number of hydrogen-bond acceptors (Lipinski definition) is 5. The maximum atomic E-state index is 12.0. The molecular weight excluding hydrogens is 312 g/mol. The molecule has 8 heteroatoms. The average Bonchev–Trinajstić information content (AvgIpc) is 3.30. The van der Waals surface area contributed by atoms with E-state index in [0.717, 1.165) is 12.8 Å². The molecule has 8 nitrogen and oxygen atoms in total. The maximum absolute atomic E-state index is 12.0. The van der Waals surface area contributed by atoms with Crippen molar-refractivity contribution in [2.24, 2.45) is 0 Å². The van der Waals surface area contributed by atoms with E-state index in [4.69, 9.17) is 4.74 Å². The smallest absolute Gasteiger partial charge is 0.321 e. The van der Waals surface area contributed by atoms with Crippen LogP contribution in [0.15, 0.2) is 24.3 Å². The molecule has 0 atom stereocenters. The molecule has 0 spiro atoms. The molecule has 1 saturated carbocycles. The first kappa shape index (κ1) is 17.7. The molecule has 0 unspecified atom stereocenters. The summed E-state index contributed by atoms with van der Waals surface area (Å²) < 4.78 is 5.09. The van der Waals surface area contributed by atoms with E-state index in [1.165, 1.54) is 4.90 Å². The van der Waals surface area contributed by atoms with Crippen molar-refractivity contribution in [3.63, 3.8) is 0 Å². The van der Waals surface area contributed by atoms with Crippen molar-refractivity contribution in [2.75, 3.05) is 32.6 Å². The zero-order valence-corrected chi connectivity index (χ0v) is 13.8. The van der Waals surface area contributed by atoms with Crippen molar-refractivity contribution >= 4 is 23.5 Å². The second kappa shape index (κ2) is 8.30. The third-order valence-electron chi connectivity index (χ3n) is 3.35. The lowest BCUT2D eigenvalue weighted by Crippen LogP contribution is -2.45. The number of rotatable bonds is 7. The first-order valence-electron chi connectivity index (χ1n) is 7.69. The quantitative estimate of drug-likeness (QED) is 0.676. The van der Waals surface area contributed by atoms with E-state index >= 15 is 0 Å². The number of carbonyl (C=O) groups is 3. The largest absolute Gasteiger partial charge is 0.497 e. The van der Waals surface area contributed by atoms with Crippen LogP contribution in [0.4, 0.5) is 10.5 Å². The van der Waals surface area contributed by atoms with Crippen LogP contribution in [0, 0.1) is 0 Å². The Morgan fingerprint density at radius 3 is 2.58 bits per heavy atom. The fraction of sp³-hybridized carbons (Fsp3) is 0.438. The number of hydrogen-bond donors (Lipinski definition) is 3. The van der Waals surface area contributed by atoms with E-state index in [2.05, 4.69) is 16.0 Å². The Morgan fingerprint density at radius 1 is 1.21 bits per heavy atom. The Balaban J connectivity index is 1.71. The Labute approximate surface area is 140 Å². The number of nitrogens with one attached hydrogen (secondary N) is 3. The van der Waals surface area contributed by atoms with Crippen LogP contribution < -0.4 is 20.7 Å². The van der Waals surface area contributed by atoms with Gasteiger partial charge in [0.1, 0.15) is 5.75 Å². The van der Waals surface area contributed by atoms with Crippen LogP contribution in [0.5, 0.6) is 5.75 Å². The van der Waals surface area contributed by atoms with Gasteiger partial charge in [-0.2, -0.15) is 0 Å². The highest BCUT2D eigenvalue weighted by atomic mass is 16.5. The molecule has 0 bridgehead atoms. The molecule has 0 aromatic heterocycles. The van der Waals surface area contributed by atoms with Crippen molar-refractivity contribution in [1.82, 2.24) is 15.5 Å². The van der Waals surface area contributed by atoms with Gasteiger partial charge in [0.2, 0.25) is 11.8 Å². The van der Waals surface area contributed by atoms with Crippen molar-refractivity contribution in [1.29, 1.82) is 0 Å². The molecule has 24 heavy (non-hydrogen) atoms. The maximum Gasteiger partial charge on any atom is 0.321 e. The van der Waals surface area contributed by atoms with Gasteiger partial charge in [-0.25, -0.2) is 4.79 Å². The third kappa shape index (κ3) is 6.25. The van der Waals surface area contributed by atoms with Crippen molar-refractivity contribution in [3.8, 4) is 5.75 Å². The highest BCUT2D eigenvalue weighted by molar-refractivity contribution is 5.96. The zero-order valence-electron chi connectivity index (χ0n) is 13.8. The first-order chi connectivity index (χ1) is 11.5. The molecule has 1 aromatic rings. The number of amides is 4. The molecule has 4 amide bonds. The van der Waals surface area contributed by atoms with Gasteiger partial charge in [0.05, 0.1) is 20.2 Å². The summed E-state index contributed by atoms with van der Waals surface area (Å²) in [4.78, 5) is 36.7. The molecule has 1 fully saturated rings. The fourth-order valence-corrected chi connectivity index (χ4v) is 2.06. The van der Waals surface area contributed by atoms with Gasteiger partial charge in [-0.15, -0.1) is 0 Å². The lowest BCUT2D eigenvalue weighted by atomic mass is 10.3. The van der Waals surface area contributed by atoms with E-state index in [1.807, 2.05) is 0 Å². The summed E-state index contributed by atoms with van der Waals surface area (Å²) in [6, 6.07) is 6.69. The highest BCUT2D eigenvalue weighted by Crippen LogP contribution is 2.18. The third-order valence-corrected chi connectivity index (χ3v) is 3.35. The molecule has 3 N–H and O–H groups in total. The summed E-state index contributed by atoms with van der Waals surface area (Å²) in [6.45, 7) is -0.0293. The van der Waals surface area contributed by atoms with Gasteiger partial charge in [-0.05, 0) is 32.0 Å². The Bertz CT molecular complexity index is 616. The van der Waals surface area contributed by atoms with E-state index < -0.39 is 11.9 Å². The zero-order chi connectivity index (χ0) is 17.5. The number of anilines is 1. The van der Waals surface area contributed by atoms with Crippen LogP contribution in [0.3, 0.4) is 0 Å². The normalized spacial score (nSPS) is 13.3. The minimum absolute atomic E-state index is 0.0227. The van der Waals surface area contributed by atoms with Crippen LogP contribution in [0.2, 0.25) is 0 Å². The lowest BCUT2D eigenvalue weighted by Gasteiger charge is -2.16. The van der Waals surface area contributed by atoms with Gasteiger partial charge in [-0.1, -0.05) is 6.07 Å². The van der Waals surface area contributed by atoms with Crippen LogP contribution >= 0.6 is 0 Å². The Morgan fingerprint density at radius 2 is 1.92 bits per heavy atom. The molecule has 0 radical (unpaired) electrons. The topological polar surface area (TPSA) is 99.8 Å². The minimum atomic E-state index is -0.489. The van der Waals surface area contributed by atoms with Gasteiger partial charge in [-0.3, -0.25) is 19.8 Å². The molecule has 1 aliphatic rings. The molecule has 1 aliphatic carbocycles. The molecule has 0 aliphatic heterocycles. The summed E-state index contributed by atoms with van der Waals surface area (Å²) in [5.41, 5.74) is 0.612. The summed E-state index contributed by atoms with van der Waals surface area (Å²) in [5, 5.41) is 7.63. The van der Waals surface area contributed by atoms with Crippen LogP contribution in [-0.2, 0) is 9.59 Å². The van der Waals surface area contributed by atoms with Gasteiger partial charge < -0.3 is 15.4 Å². The molecule has 1 aromatic carbocycles. The summed E-state index contributed by atoms with van der Waals surface area (Å²) in [6.07, 6.45) is 1.90. The van der Waals surface area contributed by atoms with E-state index in [9.17, 15) is 14.4 Å². The Hall–Kier alpha value is -2.61. The number of ether oxygens (including phenoxy) is 1. The van der Waals surface area contributed by atoms with Crippen LogP contribution in [0.1, 0.15) is 12.8 Å². The van der Waals surface area contributed by atoms with Crippen LogP contribution in [0.25, 0.3) is 0 Å². The van der Waals surface area contributed by atoms with Crippen molar-refractivity contribution in [3.05, 3.63) is 24.3 Å². The number of benzene rings is 1. The monoisotopic (exact) mass is 334 g/mol. The average molecular weight is 334 g/mol. The van der Waals surface area contributed by atoms with Gasteiger partial charge >= 0.3 is 6.03 Å². The SMILES string of the molecule is COc1cccc(NC(=O)CN(C)CC(=O)NC(=O)NC2CC2)c1. The summed E-state index contributed by atoms with van der Waals surface area (Å²) in [7, 11) is 3.18. The highest BCUT2D eigenvalue weighted by Gasteiger charge is 2.24. The summed E-state index contributed by atoms with van der Waals surface area (Å²) in [5.74, 6) is -0.0759. The minimum Gasteiger partial charge on any atom is -0.497 e. The van der Waals surface area contributed by atoms with Crippen LogP contribution in [-0.4, -0.2) is 56.0 Å². The lowest BCUT2D eigenvalue weighted by molar-refractivity contribution is -0.122. The molecule has 0 saturated heterocycles. The van der Waals surface area contributed by atoms with Crippen molar-refractivity contribution in [2.45, 2.75) is 18.9 Å². The number of nitrogens with zero attached hydrogens (tertiary/aromatic N) is 1. The predicted octanol–water partition coefficient (Wildman–Crippen LogP) is 0.554. The Kier molecular flexibility index (Phi) is 6.14. The van der Waals surface area contributed by atoms with Gasteiger partial charge in [0.25, 0.3) is 0 Å². The molecular formula is C16H22N4O4. The number of imide groups is 1. The van der Waals surface area contributed by atoms with E-state index in [-0.39, 0.29) is 25.0 Å². The standard InChI is InChI=1S/C16H22N4O4/c1-20(10-15(22)19-16(23)18-11-6-7-11)9-14(21)17-12-4-3-5-13(8-12)24-2/h3-5,8,11H,6-7,9-10H2,1-2H3,(H,17,21)(H2,18,19,22,23). The number of likely N-dealkylation sites (N-methyl/N-ethyl adjacent to an activating group) is 1. The van der Waals surface area contributed by atoms with Gasteiger partial charge in [0.15, 0.2) is 0 Å². The first-order valence-corrected chi connectivity index (χ1v) is 7.69. The second-order valence-electron chi connectivity index (χ2n) is 5.75. The molecule has 0 heterocycles. The molecule has 2 rings (SSSR count). The van der Waals surface area contributed by atoms with Crippen molar-refractivity contribution < 1.29 is 19.1 Å². The van der Waals surface area contributed by atoms with E-state index in [0.29, 0.717) is 11.4 Å². The number of urea groups is 1. The number of carbonyl (C=O) groups excluding carboxylic acids is 3. The predicted molar refractivity (Wildman–Crippen MR) is 88.8 cm³/mol.